The van der Waals surface area contributed by atoms with Crippen LogP contribution in [0.4, 0.5) is 0 Å². The number of fused-ring (bicyclic) bond motifs is 8. The van der Waals surface area contributed by atoms with Crippen LogP contribution in [-0.4, -0.2) is 19.9 Å². The number of H-pyrrole nitrogens is 2. The van der Waals surface area contributed by atoms with Crippen LogP contribution in [0, 0.1) is 0 Å². The molecule has 0 saturated carbocycles. The molecule has 7 aromatic rings. The lowest BCUT2D eigenvalue weighted by atomic mass is 10.0. The van der Waals surface area contributed by atoms with Crippen molar-refractivity contribution in [3.63, 3.8) is 0 Å². The van der Waals surface area contributed by atoms with Crippen LogP contribution in [-0.2, 0) is 28.2 Å². The molecular formula is C46H44N8+4. The van der Waals surface area contributed by atoms with Crippen molar-refractivity contribution in [1.29, 1.82) is 0 Å². The molecule has 0 amide bonds. The highest BCUT2D eigenvalue weighted by Crippen LogP contribution is 2.37. The molecular weight excluding hydrogens is 665 g/mol. The monoisotopic (exact) mass is 708 g/mol. The third-order valence-electron chi connectivity index (χ3n) is 9.82. The molecule has 8 nitrogen and oxygen atoms in total. The Hall–Kier alpha value is -6.80. The van der Waals surface area contributed by atoms with Gasteiger partial charge in [0.25, 0.3) is 0 Å². The minimum atomic E-state index is 0.890. The van der Waals surface area contributed by atoms with E-state index in [1.807, 2.05) is 60.3 Å². The Kier molecular flexibility index (Phi) is 9.09. The summed E-state index contributed by atoms with van der Waals surface area (Å²) in [5.41, 5.74) is 15.9. The number of aromatic amines is 2. The molecule has 0 aliphatic carbocycles. The van der Waals surface area contributed by atoms with E-state index in [1.165, 1.54) is 0 Å². The van der Waals surface area contributed by atoms with Gasteiger partial charge in [-0.05, 0) is 70.8 Å². The summed E-state index contributed by atoms with van der Waals surface area (Å²) in [5, 5.41) is 0. The molecule has 0 aromatic carbocycles. The van der Waals surface area contributed by atoms with Crippen molar-refractivity contribution in [2.24, 2.45) is 28.2 Å². The predicted octanol–water partition coefficient (Wildman–Crippen LogP) is 7.65. The second kappa shape index (κ2) is 14.3. The van der Waals surface area contributed by atoms with Gasteiger partial charge in [-0.25, -0.2) is 28.2 Å². The molecule has 2 aliphatic heterocycles. The molecule has 2 aliphatic rings. The number of rotatable bonds is 4. The fourth-order valence-corrected chi connectivity index (χ4v) is 7.09. The second-order valence-corrected chi connectivity index (χ2v) is 13.5. The molecule has 9 rings (SSSR count). The van der Waals surface area contributed by atoms with Crippen molar-refractivity contribution in [3.8, 4) is 44.5 Å². The Morgan fingerprint density at radius 1 is 0.333 bits per heavy atom. The number of hydrogen-bond donors (Lipinski definition) is 2. The Balaban J connectivity index is 0.00000203. The van der Waals surface area contributed by atoms with E-state index in [2.05, 4.69) is 157 Å². The maximum atomic E-state index is 5.39. The molecule has 0 atom stereocenters. The highest BCUT2D eigenvalue weighted by atomic mass is 14.9. The van der Waals surface area contributed by atoms with Gasteiger partial charge in [0.1, 0.15) is 28.2 Å². The van der Waals surface area contributed by atoms with Crippen LogP contribution in [0.2, 0.25) is 0 Å². The number of nitrogens with zero attached hydrogens (tertiary/aromatic N) is 6. The van der Waals surface area contributed by atoms with Crippen molar-refractivity contribution in [2.75, 3.05) is 0 Å². The van der Waals surface area contributed by atoms with Crippen LogP contribution >= 0.6 is 0 Å². The normalized spacial score (nSPS) is 11.7. The van der Waals surface area contributed by atoms with Gasteiger partial charge in [-0.15, -0.1) is 0 Å². The van der Waals surface area contributed by atoms with Gasteiger partial charge in [0.05, 0.1) is 22.8 Å². The fraction of sp³-hybridized carbons (Fsp3) is 0.130. The van der Waals surface area contributed by atoms with E-state index in [4.69, 9.17) is 9.97 Å². The van der Waals surface area contributed by atoms with E-state index in [-0.39, 0.29) is 0 Å². The summed E-state index contributed by atoms with van der Waals surface area (Å²) in [6, 6.07) is 25.8. The fourth-order valence-electron chi connectivity index (χ4n) is 7.09. The van der Waals surface area contributed by atoms with E-state index in [0.29, 0.717) is 0 Å². The molecule has 2 N–H and O–H groups in total. The summed E-state index contributed by atoms with van der Waals surface area (Å²) in [6.45, 7) is 4.00. The van der Waals surface area contributed by atoms with Crippen molar-refractivity contribution >= 4 is 46.4 Å². The summed E-state index contributed by atoms with van der Waals surface area (Å²) in [4.78, 5) is 18.4. The lowest BCUT2D eigenvalue weighted by Crippen LogP contribution is -2.25. The third kappa shape index (κ3) is 6.43. The van der Waals surface area contributed by atoms with Gasteiger partial charge in [-0.3, -0.25) is 0 Å². The van der Waals surface area contributed by atoms with E-state index in [0.717, 1.165) is 89.4 Å². The van der Waals surface area contributed by atoms with Crippen LogP contribution in [0.5, 0.6) is 0 Å². The quantitative estimate of drug-likeness (QED) is 0.185. The van der Waals surface area contributed by atoms with E-state index in [9.17, 15) is 0 Å². The SMILES string of the molecule is CC.C[n+]1ccc(-c2c3nc(c(-c4cc[n+](C)cc4)c4ccc([nH]4)c(-c4cc[n+](C)cc4)c4nc(c(-c5cc[n+](C)cc5)c5ccc2[nH]5)C=C4)C=C3)cc1. The summed E-state index contributed by atoms with van der Waals surface area (Å²) >= 11 is 0. The zero-order valence-electron chi connectivity index (χ0n) is 31.5. The molecule has 0 saturated heterocycles. The van der Waals surface area contributed by atoms with Gasteiger partial charge in [0, 0.05) is 92.9 Å². The molecule has 7 aromatic heterocycles. The molecule has 264 valence electrons. The molecule has 0 radical (unpaired) electrons. The molecule has 9 heterocycles. The number of pyridine rings is 4. The summed E-state index contributed by atoms with van der Waals surface area (Å²) in [7, 11) is 8.14. The third-order valence-corrected chi connectivity index (χ3v) is 9.82. The summed E-state index contributed by atoms with van der Waals surface area (Å²) < 4.78 is 8.20. The minimum absolute atomic E-state index is 0.890. The Bertz CT molecular complexity index is 2360. The van der Waals surface area contributed by atoms with E-state index in [1.54, 1.807) is 0 Å². The standard InChI is InChI=1S/C44H37N8.C2H6/c1-49-21-13-29(14-22-49)41-33-5-7-35(45-33)42(30-15-23-50(2)24-16-30)37-9-11-39(47-37)44(32-19-27-52(4)28-20-32)40-12-10-38(48-40)43(36-8-6-34(41)46-36)31-17-25-51(3)26-18-31;1-2/h5-28H,1-4H3,(H,45,46,47,48);1-2H3/q+3;/p+1. The highest BCUT2D eigenvalue weighted by Gasteiger charge is 2.20. The molecule has 8 bridgehead atoms. The van der Waals surface area contributed by atoms with Crippen LogP contribution in [0.25, 0.3) is 90.9 Å². The Morgan fingerprint density at radius 3 is 0.741 bits per heavy atom. The van der Waals surface area contributed by atoms with Gasteiger partial charge in [-0.2, -0.15) is 0 Å². The average molecular weight is 709 g/mol. The first-order valence-electron chi connectivity index (χ1n) is 18.4. The predicted molar refractivity (Wildman–Crippen MR) is 217 cm³/mol. The van der Waals surface area contributed by atoms with Crippen molar-refractivity contribution in [1.82, 2.24) is 19.9 Å². The van der Waals surface area contributed by atoms with E-state index < -0.39 is 0 Å². The van der Waals surface area contributed by atoms with Crippen molar-refractivity contribution in [2.45, 2.75) is 13.8 Å². The highest BCUT2D eigenvalue weighted by molar-refractivity contribution is 5.99. The smallest absolute Gasteiger partial charge is 0.169 e. The number of aromatic nitrogens is 8. The molecule has 0 unspecified atom stereocenters. The van der Waals surface area contributed by atoms with Crippen LogP contribution in [0.15, 0.2) is 122 Å². The Morgan fingerprint density at radius 2 is 0.537 bits per heavy atom. The number of nitrogens with one attached hydrogen (secondary N) is 2. The number of aryl methyl sites for hydroxylation is 4. The van der Waals surface area contributed by atoms with Gasteiger partial charge in [0.15, 0.2) is 49.6 Å². The van der Waals surface area contributed by atoms with Crippen LogP contribution in [0.3, 0.4) is 0 Å². The number of hydrogen-bond acceptors (Lipinski definition) is 2. The first-order chi connectivity index (χ1) is 26.4. The molecule has 0 spiro atoms. The zero-order chi connectivity index (χ0) is 37.3. The summed E-state index contributed by atoms with van der Waals surface area (Å²) in [6.07, 6.45) is 25.2. The van der Waals surface area contributed by atoms with Crippen LogP contribution in [0.1, 0.15) is 36.6 Å². The largest absolute Gasteiger partial charge is 0.354 e. The van der Waals surface area contributed by atoms with Crippen LogP contribution < -0.4 is 18.3 Å². The van der Waals surface area contributed by atoms with E-state index >= 15 is 0 Å². The lowest BCUT2D eigenvalue weighted by Gasteiger charge is -2.06. The maximum absolute atomic E-state index is 5.39. The van der Waals surface area contributed by atoms with Gasteiger partial charge < -0.3 is 9.97 Å². The first-order valence-corrected chi connectivity index (χ1v) is 18.4. The van der Waals surface area contributed by atoms with Gasteiger partial charge >= 0.3 is 0 Å². The molecule has 0 fully saturated rings. The summed E-state index contributed by atoms with van der Waals surface area (Å²) in [5.74, 6) is 0. The topological polar surface area (TPSA) is 72.9 Å². The van der Waals surface area contributed by atoms with Gasteiger partial charge in [0.2, 0.25) is 0 Å². The second-order valence-electron chi connectivity index (χ2n) is 13.5. The first kappa shape index (κ1) is 34.3. The molecule has 54 heavy (non-hydrogen) atoms. The minimum Gasteiger partial charge on any atom is -0.354 e. The van der Waals surface area contributed by atoms with Gasteiger partial charge in [-0.1, -0.05) is 13.8 Å². The average Bonchev–Trinajstić information content (AvgIpc) is 4.03. The maximum Gasteiger partial charge on any atom is 0.169 e. The molecule has 8 heteroatoms. The van der Waals surface area contributed by atoms with Crippen molar-refractivity contribution < 1.29 is 18.3 Å². The Labute approximate surface area is 315 Å². The van der Waals surface area contributed by atoms with Crippen molar-refractivity contribution in [3.05, 3.63) is 145 Å². The zero-order valence-corrected chi connectivity index (χ0v) is 31.5. The lowest BCUT2D eigenvalue weighted by molar-refractivity contribution is -0.671.